The Balaban J connectivity index is 1.57. The Bertz CT molecular complexity index is 943. The summed E-state index contributed by atoms with van der Waals surface area (Å²) in [5.74, 6) is -0.490. The largest absolute Gasteiger partial charge is 0.444 e. The number of halogens is 1. The summed E-state index contributed by atoms with van der Waals surface area (Å²) in [6.07, 6.45) is -1.46. The van der Waals surface area contributed by atoms with E-state index in [9.17, 15) is 18.3 Å². The van der Waals surface area contributed by atoms with Crippen LogP contribution in [0.15, 0.2) is 18.2 Å². The highest BCUT2D eigenvalue weighted by atomic mass is 32.1. The number of amides is 1. The van der Waals surface area contributed by atoms with E-state index in [1.54, 1.807) is 12.1 Å². The van der Waals surface area contributed by atoms with Crippen molar-refractivity contribution in [3.05, 3.63) is 24.0 Å². The fourth-order valence-electron chi connectivity index (χ4n) is 3.17. The quantitative estimate of drug-likeness (QED) is 0.301. The van der Waals surface area contributed by atoms with Gasteiger partial charge in [0, 0.05) is 13.1 Å². The molecule has 3 atom stereocenters. The zero-order chi connectivity index (χ0) is 23.5. The van der Waals surface area contributed by atoms with Crippen LogP contribution in [-0.2, 0) is 23.3 Å². The lowest BCUT2D eigenvalue weighted by Gasteiger charge is -2.29. The van der Waals surface area contributed by atoms with Crippen LogP contribution in [0.25, 0.3) is 0 Å². The first-order valence-corrected chi connectivity index (χ1v) is 12.9. The summed E-state index contributed by atoms with van der Waals surface area (Å²) in [7, 11) is -8.75. The van der Waals surface area contributed by atoms with Gasteiger partial charge in [-0.25, -0.2) is 9.18 Å². The summed E-state index contributed by atoms with van der Waals surface area (Å²) in [4.78, 5) is 42.4. The lowest BCUT2D eigenvalue weighted by Crippen LogP contribution is -2.37. The number of rotatable bonds is 7. The van der Waals surface area contributed by atoms with E-state index in [-0.39, 0.29) is 13.1 Å². The predicted molar refractivity (Wildman–Crippen MR) is 116 cm³/mol. The van der Waals surface area contributed by atoms with Crippen LogP contribution in [0.5, 0.6) is 0 Å². The summed E-state index contributed by atoms with van der Waals surface area (Å²) >= 11 is 4.77. The summed E-state index contributed by atoms with van der Waals surface area (Å²) in [5.41, 5.74) is -1.57. The second-order valence-corrected chi connectivity index (χ2v) is 10.6. The molecule has 0 aromatic heterocycles. The minimum Gasteiger partial charge on any atom is -0.444 e. The number of nitrogens with zero attached hydrogens (tertiary/aromatic N) is 2. The number of ether oxygens (including phenoxy) is 3. The van der Waals surface area contributed by atoms with Gasteiger partial charge in [0.2, 0.25) is 8.03 Å². The molecular formula is C16H22FN3O9P2S. The van der Waals surface area contributed by atoms with Crippen molar-refractivity contribution in [1.29, 1.82) is 0 Å². The van der Waals surface area contributed by atoms with Gasteiger partial charge in [0.15, 0.2) is 0 Å². The standard InChI is InChI=1S/C16H22FN3O9P2S/c17-12-7-10(1-2-13(12)19-3-5-27-6-4-19)20-9-11(28-15(20)21)8-18-14(32)29-16(30(22)23)31(24,25)26/h1-2,7,11,16,30H,3-6,8-9H2,(H,18,32)(H,22,23)(H2,24,25,26)/t11-,16?/m0/s1. The summed E-state index contributed by atoms with van der Waals surface area (Å²) in [6, 6.07) is 4.42. The molecule has 0 spiro atoms. The molecule has 16 heteroatoms. The first kappa shape index (κ1) is 24.8. The van der Waals surface area contributed by atoms with Crippen LogP contribution in [0.2, 0.25) is 0 Å². The molecule has 178 valence electrons. The van der Waals surface area contributed by atoms with Gasteiger partial charge >= 0.3 is 13.7 Å². The van der Waals surface area contributed by atoms with Gasteiger partial charge in [-0.15, -0.1) is 0 Å². The van der Waals surface area contributed by atoms with E-state index in [4.69, 9.17) is 36.4 Å². The van der Waals surface area contributed by atoms with Crippen LogP contribution in [-0.4, -0.2) is 77.0 Å². The van der Waals surface area contributed by atoms with E-state index in [1.807, 2.05) is 4.90 Å². The highest BCUT2D eigenvalue weighted by Gasteiger charge is 2.37. The van der Waals surface area contributed by atoms with Gasteiger partial charge in [0.1, 0.15) is 11.9 Å². The maximum absolute atomic E-state index is 14.6. The van der Waals surface area contributed by atoms with Crippen LogP contribution in [0.4, 0.5) is 20.6 Å². The number of thiocarbonyl (C=S) groups is 1. The number of nitrogens with one attached hydrogen (secondary N) is 1. The molecule has 0 radical (unpaired) electrons. The van der Waals surface area contributed by atoms with Gasteiger partial charge in [-0.2, -0.15) is 0 Å². The summed E-state index contributed by atoms with van der Waals surface area (Å²) in [5, 5.41) is 1.93. The lowest BCUT2D eigenvalue weighted by atomic mass is 10.2. The van der Waals surface area contributed by atoms with Crippen molar-refractivity contribution in [2.45, 2.75) is 11.7 Å². The van der Waals surface area contributed by atoms with Gasteiger partial charge in [0.05, 0.1) is 37.7 Å². The smallest absolute Gasteiger partial charge is 0.414 e. The van der Waals surface area contributed by atoms with Crippen LogP contribution in [0.1, 0.15) is 0 Å². The van der Waals surface area contributed by atoms with E-state index < -0.39 is 44.4 Å². The Labute approximate surface area is 188 Å². The van der Waals surface area contributed by atoms with Gasteiger partial charge in [-0.3, -0.25) is 14.0 Å². The van der Waals surface area contributed by atoms with Crippen LogP contribution < -0.4 is 15.1 Å². The van der Waals surface area contributed by atoms with Crippen molar-refractivity contribution in [3.8, 4) is 0 Å². The molecule has 2 fully saturated rings. The highest BCUT2D eigenvalue weighted by molar-refractivity contribution is 7.80. The first-order valence-electron chi connectivity index (χ1n) is 9.39. The van der Waals surface area contributed by atoms with Gasteiger partial charge in [-0.05, 0) is 30.4 Å². The van der Waals surface area contributed by atoms with Crippen molar-refractivity contribution in [1.82, 2.24) is 5.32 Å². The third kappa shape index (κ3) is 6.16. The number of anilines is 2. The SMILES string of the molecule is O=C1O[C@@H](CNC(=S)OC([PH](=O)O)P(=O)(O)O)CN1c1ccc(N2CCOCC2)c(F)c1. The number of benzene rings is 1. The van der Waals surface area contributed by atoms with Crippen LogP contribution in [0.3, 0.4) is 0 Å². The third-order valence-corrected chi connectivity index (χ3v) is 7.85. The van der Waals surface area contributed by atoms with Crippen molar-refractivity contribution < 1.29 is 47.2 Å². The number of carbonyl (C=O) groups excluding carboxylic acids is 1. The van der Waals surface area contributed by atoms with E-state index in [0.29, 0.717) is 37.7 Å². The molecular weight excluding hydrogens is 491 g/mol. The molecule has 0 saturated carbocycles. The molecule has 2 saturated heterocycles. The highest BCUT2D eigenvalue weighted by Crippen LogP contribution is 2.52. The molecule has 1 aromatic carbocycles. The minimum atomic E-state index is -5.02. The number of morpholine rings is 1. The zero-order valence-corrected chi connectivity index (χ0v) is 19.3. The Kier molecular flexibility index (Phi) is 8.10. The number of carbonyl (C=O) groups is 1. The topological polar surface area (TPSA) is 158 Å². The predicted octanol–water partition coefficient (Wildman–Crippen LogP) is 0.807. The Morgan fingerprint density at radius 3 is 2.69 bits per heavy atom. The number of hydrogen-bond donors (Lipinski definition) is 4. The molecule has 4 N–H and O–H groups in total. The van der Waals surface area contributed by atoms with Gasteiger partial charge < -0.3 is 39.1 Å². The molecule has 3 rings (SSSR count). The molecule has 2 unspecified atom stereocenters. The van der Waals surface area contributed by atoms with E-state index >= 15 is 0 Å². The third-order valence-electron chi connectivity index (χ3n) is 4.68. The minimum absolute atomic E-state index is 0.0449. The first-order chi connectivity index (χ1) is 15.1. The molecule has 2 heterocycles. The average molecular weight is 513 g/mol. The molecule has 0 aliphatic carbocycles. The molecule has 32 heavy (non-hydrogen) atoms. The monoisotopic (exact) mass is 513 g/mol. The van der Waals surface area contributed by atoms with Crippen molar-refractivity contribution in [2.24, 2.45) is 0 Å². The van der Waals surface area contributed by atoms with E-state index in [0.717, 1.165) is 0 Å². The van der Waals surface area contributed by atoms with Crippen molar-refractivity contribution in [2.75, 3.05) is 49.2 Å². The van der Waals surface area contributed by atoms with E-state index in [1.165, 1.54) is 11.0 Å². The van der Waals surface area contributed by atoms with Crippen LogP contribution in [0, 0.1) is 5.82 Å². The maximum atomic E-state index is 14.6. The van der Waals surface area contributed by atoms with Gasteiger partial charge in [0.25, 0.3) is 10.8 Å². The molecule has 0 bridgehead atoms. The number of hydrogen-bond acceptors (Lipinski definition) is 8. The summed E-state index contributed by atoms with van der Waals surface area (Å²) < 4.78 is 52.1. The Hall–Kier alpha value is -1.79. The second kappa shape index (κ2) is 10.4. The van der Waals surface area contributed by atoms with E-state index in [2.05, 4.69) is 10.1 Å². The second-order valence-electron chi connectivity index (χ2n) is 6.92. The lowest BCUT2D eigenvalue weighted by molar-refractivity contribution is 0.122. The Morgan fingerprint density at radius 2 is 2.09 bits per heavy atom. The molecule has 12 nitrogen and oxygen atoms in total. The fraction of sp³-hybridized carbons (Fsp3) is 0.500. The van der Waals surface area contributed by atoms with Crippen LogP contribution >= 0.6 is 27.8 Å². The van der Waals surface area contributed by atoms with Crippen molar-refractivity contribution in [3.63, 3.8) is 0 Å². The average Bonchev–Trinajstić information content (AvgIpc) is 3.10. The fourth-order valence-corrected chi connectivity index (χ4v) is 5.11. The van der Waals surface area contributed by atoms with Crippen molar-refractivity contribution >= 4 is 50.5 Å². The van der Waals surface area contributed by atoms with Gasteiger partial charge in [-0.1, -0.05) is 0 Å². The maximum Gasteiger partial charge on any atom is 0.414 e. The Morgan fingerprint density at radius 1 is 1.41 bits per heavy atom. The summed E-state index contributed by atoms with van der Waals surface area (Å²) in [6.45, 7) is 2.07. The molecule has 2 aliphatic rings. The molecule has 1 amide bonds. The normalized spacial score (nSPS) is 21.1. The number of cyclic esters (lactones) is 1. The molecule has 2 aliphatic heterocycles. The molecule has 1 aromatic rings. The zero-order valence-electron chi connectivity index (χ0n) is 16.5.